The lowest BCUT2D eigenvalue weighted by Gasteiger charge is -2.35. The van der Waals surface area contributed by atoms with Crippen LogP contribution in [0.2, 0.25) is 0 Å². The first-order valence-corrected chi connectivity index (χ1v) is 6.75. The molecule has 5 nitrogen and oxygen atoms in total. The van der Waals surface area contributed by atoms with Crippen LogP contribution in [-0.4, -0.2) is 34.1 Å². The molecule has 1 aromatic heterocycles. The van der Waals surface area contributed by atoms with E-state index in [1.807, 2.05) is 0 Å². The molecule has 0 spiro atoms. The number of hydrogen-bond acceptors (Lipinski definition) is 3. The van der Waals surface area contributed by atoms with E-state index in [0.717, 1.165) is 19.5 Å². The molecular formula is C14H21N3O2. The fraction of sp³-hybridized carbons (Fsp3) is 0.643. The summed E-state index contributed by atoms with van der Waals surface area (Å²) in [5, 5.41) is 6.29. The van der Waals surface area contributed by atoms with Gasteiger partial charge in [0.05, 0.1) is 5.69 Å². The first-order valence-electron chi connectivity index (χ1n) is 6.75. The molecule has 2 rings (SSSR count). The molecule has 1 N–H and O–H groups in total. The standard InChI is InChI=1S/C14H21N3O2/c1-8-5-9(2)7-17(6-8)14(19)12-10(3)11(4)15-16-13(12)18/h8-9H,5-7H2,1-4H3,(H,16,18)/t8-,9+. The van der Waals surface area contributed by atoms with Crippen LogP contribution in [-0.2, 0) is 0 Å². The second-order valence-electron chi connectivity index (χ2n) is 5.79. The molecule has 1 aliphatic heterocycles. The highest BCUT2D eigenvalue weighted by atomic mass is 16.2. The molecular weight excluding hydrogens is 242 g/mol. The summed E-state index contributed by atoms with van der Waals surface area (Å²) in [6.45, 7) is 9.31. The summed E-state index contributed by atoms with van der Waals surface area (Å²) in [5.74, 6) is 0.799. The van der Waals surface area contributed by atoms with Gasteiger partial charge in [0.15, 0.2) is 0 Å². The Morgan fingerprint density at radius 3 is 2.42 bits per heavy atom. The number of hydrogen-bond donors (Lipinski definition) is 1. The third-order valence-electron chi connectivity index (χ3n) is 3.84. The summed E-state index contributed by atoms with van der Waals surface area (Å²) in [5.41, 5.74) is 1.23. The van der Waals surface area contributed by atoms with Gasteiger partial charge in [-0.05, 0) is 37.7 Å². The summed E-state index contributed by atoms with van der Waals surface area (Å²) in [6, 6.07) is 0. The zero-order valence-electron chi connectivity index (χ0n) is 12.0. The molecule has 2 atom stereocenters. The lowest BCUT2D eigenvalue weighted by molar-refractivity contribution is 0.0620. The first kappa shape index (κ1) is 13.8. The molecule has 0 unspecified atom stereocenters. The number of carbonyl (C=O) groups excluding carboxylic acids is 1. The number of amides is 1. The summed E-state index contributed by atoms with van der Waals surface area (Å²) in [4.78, 5) is 26.2. The van der Waals surface area contributed by atoms with Gasteiger partial charge in [-0.2, -0.15) is 5.10 Å². The van der Waals surface area contributed by atoms with Crippen molar-refractivity contribution in [3.8, 4) is 0 Å². The Hall–Kier alpha value is -1.65. The van der Waals surface area contributed by atoms with E-state index < -0.39 is 0 Å². The molecule has 104 valence electrons. The van der Waals surface area contributed by atoms with Crippen LogP contribution in [0.1, 0.15) is 41.9 Å². The van der Waals surface area contributed by atoms with Gasteiger partial charge in [-0.15, -0.1) is 0 Å². The van der Waals surface area contributed by atoms with Crippen molar-refractivity contribution < 1.29 is 4.79 Å². The van der Waals surface area contributed by atoms with Crippen LogP contribution in [0.4, 0.5) is 0 Å². The lowest BCUT2D eigenvalue weighted by Crippen LogP contribution is -2.44. The monoisotopic (exact) mass is 263 g/mol. The highest BCUT2D eigenvalue weighted by Gasteiger charge is 2.28. The van der Waals surface area contributed by atoms with Gasteiger partial charge in [-0.1, -0.05) is 13.8 Å². The van der Waals surface area contributed by atoms with Crippen LogP contribution in [0, 0.1) is 25.7 Å². The van der Waals surface area contributed by atoms with Gasteiger partial charge in [0, 0.05) is 13.1 Å². The van der Waals surface area contributed by atoms with Crippen LogP contribution in [0.25, 0.3) is 0 Å². The van der Waals surface area contributed by atoms with Crippen LogP contribution in [0.5, 0.6) is 0 Å². The number of aryl methyl sites for hydroxylation is 1. The van der Waals surface area contributed by atoms with Crippen LogP contribution >= 0.6 is 0 Å². The molecule has 1 saturated heterocycles. The van der Waals surface area contributed by atoms with Crippen molar-refractivity contribution in [2.24, 2.45) is 11.8 Å². The molecule has 0 saturated carbocycles. The van der Waals surface area contributed by atoms with Crippen molar-refractivity contribution >= 4 is 5.91 Å². The van der Waals surface area contributed by atoms with E-state index in [-0.39, 0.29) is 17.0 Å². The predicted molar refractivity (Wildman–Crippen MR) is 73.2 cm³/mol. The van der Waals surface area contributed by atoms with Crippen LogP contribution in [0.15, 0.2) is 4.79 Å². The fourth-order valence-corrected chi connectivity index (χ4v) is 2.87. The topological polar surface area (TPSA) is 66.1 Å². The predicted octanol–water partition coefficient (Wildman–Crippen LogP) is 1.50. The Kier molecular flexibility index (Phi) is 3.73. The lowest BCUT2D eigenvalue weighted by atomic mass is 9.91. The maximum absolute atomic E-state index is 12.6. The average Bonchev–Trinajstić information content (AvgIpc) is 2.33. The maximum Gasteiger partial charge on any atom is 0.277 e. The van der Waals surface area contributed by atoms with Gasteiger partial charge in [0.1, 0.15) is 5.56 Å². The molecule has 5 heteroatoms. The zero-order valence-corrected chi connectivity index (χ0v) is 12.0. The number of nitrogens with one attached hydrogen (secondary N) is 1. The highest BCUT2D eigenvalue weighted by Crippen LogP contribution is 2.22. The average molecular weight is 263 g/mol. The van der Waals surface area contributed by atoms with Gasteiger partial charge in [0.25, 0.3) is 11.5 Å². The minimum Gasteiger partial charge on any atom is -0.338 e. The third-order valence-corrected chi connectivity index (χ3v) is 3.84. The number of likely N-dealkylation sites (tertiary alicyclic amines) is 1. The quantitative estimate of drug-likeness (QED) is 0.835. The van der Waals surface area contributed by atoms with E-state index >= 15 is 0 Å². The molecule has 1 aliphatic rings. The molecule has 1 amide bonds. The Bertz CT molecular complexity index is 540. The third kappa shape index (κ3) is 2.69. The van der Waals surface area contributed by atoms with Crippen molar-refractivity contribution in [1.82, 2.24) is 15.1 Å². The summed E-state index contributed by atoms with van der Waals surface area (Å²) in [6.07, 6.45) is 1.13. The van der Waals surface area contributed by atoms with Crippen molar-refractivity contribution in [2.75, 3.05) is 13.1 Å². The minimum atomic E-state index is -0.390. The van der Waals surface area contributed by atoms with Gasteiger partial charge in [-0.25, -0.2) is 5.10 Å². The minimum absolute atomic E-state index is 0.164. The summed E-state index contributed by atoms with van der Waals surface area (Å²) in [7, 11) is 0. The van der Waals surface area contributed by atoms with E-state index in [1.165, 1.54) is 0 Å². The Morgan fingerprint density at radius 1 is 1.26 bits per heavy atom. The van der Waals surface area contributed by atoms with Crippen molar-refractivity contribution in [1.29, 1.82) is 0 Å². The van der Waals surface area contributed by atoms with Crippen molar-refractivity contribution in [2.45, 2.75) is 34.1 Å². The van der Waals surface area contributed by atoms with E-state index in [9.17, 15) is 9.59 Å². The van der Waals surface area contributed by atoms with Crippen LogP contribution < -0.4 is 5.56 Å². The molecule has 0 bridgehead atoms. The molecule has 1 fully saturated rings. The maximum atomic E-state index is 12.6. The Labute approximate surface area is 113 Å². The van der Waals surface area contributed by atoms with Gasteiger partial charge >= 0.3 is 0 Å². The molecule has 0 radical (unpaired) electrons. The first-order chi connectivity index (χ1) is 8.90. The second-order valence-corrected chi connectivity index (χ2v) is 5.79. The zero-order chi connectivity index (χ0) is 14.2. The molecule has 19 heavy (non-hydrogen) atoms. The van der Waals surface area contributed by atoms with Gasteiger partial charge < -0.3 is 4.90 Å². The summed E-state index contributed by atoms with van der Waals surface area (Å²) >= 11 is 0. The molecule has 0 aliphatic carbocycles. The number of piperidine rings is 1. The molecule has 2 heterocycles. The van der Waals surface area contributed by atoms with Crippen LogP contribution in [0.3, 0.4) is 0 Å². The largest absolute Gasteiger partial charge is 0.338 e. The number of aromatic amines is 1. The Morgan fingerprint density at radius 2 is 1.84 bits per heavy atom. The number of rotatable bonds is 1. The van der Waals surface area contributed by atoms with Gasteiger partial charge in [0.2, 0.25) is 0 Å². The number of carbonyl (C=O) groups is 1. The van der Waals surface area contributed by atoms with E-state index in [0.29, 0.717) is 23.1 Å². The second kappa shape index (κ2) is 5.15. The van der Waals surface area contributed by atoms with Crippen molar-refractivity contribution in [3.05, 3.63) is 27.2 Å². The molecule has 1 aromatic rings. The smallest absolute Gasteiger partial charge is 0.277 e. The highest BCUT2D eigenvalue weighted by molar-refractivity contribution is 5.95. The Balaban J connectivity index is 2.34. The summed E-state index contributed by atoms with van der Waals surface area (Å²) < 4.78 is 0. The molecule has 0 aromatic carbocycles. The normalized spacial score (nSPS) is 23.5. The van der Waals surface area contributed by atoms with E-state index in [1.54, 1.807) is 18.7 Å². The number of aromatic nitrogens is 2. The fourth-order valence-electron chi connectivity index (χ4n) is 2.87. The van der Waals surface area contributed by atoms with E-state index in [2.05, 4.69) is 24.0 Å². The van der Waals surface area contributed by atoms with E-state index in [4.69, 9.17) is 0 Å². The van der Waals surface area contributed by atoms with Crippen molar-refractivity contribution in [3.63, 3.8) is 0 Å². The number of nitrogens with zero attached hydrogens (tertiary/aromatic N) is 2. The SMILES string of the molecule is Cc1n[nH]c(=O)c(C(=O)N2C[C@H](C)C[C@H](C)C2)c1C. The number of H-pyrrole nitrogens is 1. The van der Waals surface area contributed by atoms with Gasteiger partial charge in [-0.3, -0.25) is 9.59 Å².